The Kier molecular flexibility index (Phi) is 6.21. The van der Waals surface area contributed by atoms with E-state index < -0.39 is 0 Å². The van der Waals surface area contributed by atoms with E-state index in [4.69, 9.17) is 0 Å². The molecule has 1 fully saturated rings. The maximum Gasteiger partial charge on any atom is 0.251 e. The van der Waals surface area contributed by atoms with Crippen molar-refractivity contribution in [2.75, 3.05) is 5.32 Å². The van der Waals surface area contributed by atoms with Gasteiger partial charge in [-0.2, -0.15) is 0 Å². The van der Waals surface area contributed by atoms with Crippen LogP contribution in [-0.2, 0) is 0 Å². The minimum atomic E-state index is 0.0183. The van der Waals surface area contributed by atoms with E-state index in [-0.39, 0.29) is 5.91 Å². The van der Waals surface area contributed by atoms with E-state index in [0.717, 1.165) is 29.9 Å². The van der Waals surface area contributed by atoms with E-state index >= 15 is 0 Å². The summed E-state index contributed by atoms with van der Waals surface area (Å²) in [4.78, 5) is 21.3. The van der Waals surface area contributed by atoms with Gasteiger partial charge in [-0.15, -0.1) is 0 Å². The predicted molar refractivity (Wildman–Crippen MR) is 105 cm³/mol. The molecule has 138 valence electrons. The lowest BCUT2D eigenvalue weighted by molar-refractivity contribution is 0.0930. The van der Waals surface area contributed by atoms with E-state index in [2.05, 4.69) is 20.6 Å². The van der Waals surface area contributed by atoms with Crippen molar-refractivity contribution >= 4 is 17.5 Å². The first kappa shape index (κ1) is 18.4. The van der Waals surface area contributed by atoms with E-state index in [1.807, 2.05) is 44.2 Å². The van der Waals surface area contributed by atoms with Crippen LogP contribution in [0, 0.1) is 13.8 Å². The van der Waals surface area contributed by atoms with Crippen molar-refractivity contribution in [3.05, 3.63) is 47.3 Å². The van der Waals surface area contributed by atoms with Crippen LogP contribution < -0.4 is 10.6 Å². The summed E-state index contributed by atoms with van der Waals surface area (Å²) in [6.07, 6.45) is 8.51. The molecule has 1 aromatic carbocycles. The normalized spacial score (nSPS) is 15.8. The van der Waals surface area contributed by atoms with Gasteiger partial charge in [-0.1, -0.05) is 32.1 Å². The first-order chi connectivity index (χ1) is 12.6. The molecule has 2 aromatic rings. The first-order valence-corrected chi connectivity index (χ1v) is 9.60. The molecule has 1 saturated carbocycles. The van der Waals surface area contributed by atoms with Crippen molar-refractivity contribution < 1.29 is 4.79 Å². The van der Waals surface area contributed by atoms with Crippen molar-refractivity contribution in [2.45, 2.75) is 64.8 Å². The van der Waals surface area contributed by atoms with Gasteiger partial charge in [0.05, 0.1) is 0 Å². The van der Waals surface area contributed by atoms with Gasteiger partial charge in [-0.3, -0.25) is 4.79 Å². The largest absolute Gasteiger partial charge is 0.349 e. The molecule has 0 radical (unpaired) electrons. The number of carbonyl (C=O) groups excluding carboxylic acids is 1. The molecular weight excluding hydrogens is 324 g/mol. The Balaban J connectivity index is 1.60. The summed E-state index contributed by atoms with van der Waals surface area (Å²) in [6, 6.07) is 9.74. The lowest BCUT2D eigenvalue weighted by Gasteiger charge is -2.21. The number of carbonyl (C=O) groups is 1. The lowest BCUT2D eigenvalue weighted by Crippen LogP contribution is -2.35. The van der Waals surface area contributed by atoms with Gasteiger partial charge in [0.2, 0.25) is 5.95 Å². The van der Waals surface area contributed by atoms with Gasteiger partial charge in [0.25, 0.3) is 5.91 Å². The highest BCUT2D eigenvalue weighted by molar-refractivity contribution is 5.94. The Morgan fingerprint density at radius 2 is 1.50 bits per heavy atom. The molecule has 5 heteroatoms. The number of hydrogen-bond donors (Lipinski definition) is 2. The van der Waals surface area contributed by atoms with Crippen LogP contribution >= 0.6 is 0 Å². The summed E-state index contributed by atoms with van der Waals surface area (Å²) < 4.78 is 0. The third kappa shape index (κ3) is 5.28. The Hall–Kier alpha value is -2.43. The second-order valence-electron chi connectivity index (χ2n) is 7.19. The van der Waals surface area contributed by atoms with Crippen molar-refractivity contribution in [3.63, 3.8) is 0 Å². The summed E-state index contributed by atoms with van der Waals surface area (Å²) in [7, 11) is 0. The smallest absolute Gasteiger partial charge is 0.251 e. The average molecular weight is 352 g/mol. The predicted octanol–water partition coefficient (Wildman–Crippen LogP) is 4.68. The third-order valence-electron chi connectivity index (χ3n) is 4.83. The van der Waals surface area contributed by atoms with Crippen LogP contribution in [0.3, 0.4) is 0 Å². The summed E-state index contributed by atoms with van der Waals surface area (Å²) in [6.45, 7) is 3.89. The van der Waals surface area contributed by atoms with Gasteiger partial charge in [0.1, 0.15) is 0 Å². The summed E-state index contributed by atoms with van der Waals surface area (Å²) in [5.41, 5.74) is 3.42. The number of rotatable bonds is 4. The van der Waals surface area contributed by atoms with Crippen molar-refractivity contribution in [1.29, 1.82) is 0 Å². The van der Waals surface area contributed by atoms with Crippen LogP contribution in [0.4, 0.5) is 11.6 Å². The fraction of sp³-hybridized carbons (Fsp3) is 0.476. The van der Waals surface area contributed by atoms with Gasteiger partial charge < -0.3 is 10.6 Å². The molecule has 0 atom stereocenters. The Bertz CT molecular complexity index is 714. The molecule has 1 aromatic heterocycles. The number of nitrogens with zero attached hydrogens (tertiary/aromatic N) is 2. The number of amides is 1. The summed E-state index contributed by atoms with van der Waals surface area (Å²) in [5.74, 6) is 0.596. The molecule has 1 amide bonds. The van der Waals surface area contributed by atoms with Crippen molar-refractivity contribution in [3.8, 4) is 0 Å². The number of aryl methyl sites for hydroxylation is 2. The standard InChI is InChI=1S/C21H28N4O/c1-15-14-16(2)23-21(22-15)25-19-12-10-17(11-13-19)20(26)24-18-8-6-4-3-5-7-9-18/h10-14,18H,3-9H2,1-2H3,(H,24,26)(H,22,23,25). The molecule has 0 saturated heterocycles. The molecular formula is C21H28N4O. The first-order valence-electron chi connectivity index (χ1n) is 9.60. The van der Waals surface area contributed by atoms with Gasteiger partial charge in [-0.05, 0) is 57.0 Å². The molecule has 0 unspecified atom stereocenters. The monoisotopic (exact) mass is 352 g/mol. The van der Waals surface area contributed by atoms with Crippen LogP contribution in [0.5, 0.6) is 0 Å². The molecule has 5 nitrogen and oxygen atoms in total. The van der Waals surface area contributed by atoms with Gasteiger partial charge in [0.15, 0.2) is 0 Å². The second kappa shape index (κ2) is 8.79. The van der Waals surface area contributed by atoms with Crippen LogP contribution in [-0.4, -0.2) is 21.9 Å². The highest BCUT2D eigenvalue weighted by Crippen LogP contribution is 2.18. The molecule has 0 bridgehead atoms. The Morgan fingerprint density at radius 1 is 0.923 bits per heavy atom. The van der Waals surface area contributed by atoms with E-state index in [1.54, 1.807) is 0 Å². The molecule has 1 heterocycles. The summed E-state index contributed by atoms with van der Waals surface area (Å²) >= 11 is 0. The molecule has 0 aliphatic heterocycles. The zero-order valence-corrected chi connectivity index (χ0v) is 15.7. The zero-order chi connectivity index (χ0) is 18.4. The maximum absolute atomic E-state index is 12.5. The number of benzene rings is 1. The van der Waals surface area contributed by atoms with Gasteiger partial charge in [-0.25, -0.2) is 9.97 Å². The topological polar surface area (TPSA) is 66.9 Å². The average Bonchev–Trinajstić information content (AvgIpc) is 2.57. The Morgan fingerprint density at radius 3 is 2.12 bits per heavy atom. The SMILES string of the molecule is Cc1cc(C)nc(Nc2ccc(C(=O)NC3CCCCCCC3)cc2)n1. The minimum absolute atomic E-state index is 0.0183. The van der Waals surface area contributed by atoms with Crippen molar-refractivity contribution in [1.82, 2.24) is 15.3 Å². The minimum Gasteiger partial charge on any atom is -0.349 e. The fourth-order valence-corrected chi connectivity index (χ4v) is 3.49. The van der Waals surface area contributed by atoms with Gasteiger partial charge >= 0.3 is 0 Å². The number of nitrogens with one attached hydrogen (secondary N) is 2. The van der Waals surface area contributed by atoms with E-state index in [1.165, 1.54) is 32.1 Å². The quantitative estimate of drug-likeness (QED) is 0.838. The molecule has 26 heavy (non-hydrogen) atoms. The van der Waals surface area contributed by atoms with Crippen LogP contribution in [0.1, 0.15) is 66.7 Å². The van der Waals surface area contributed by atoms with Crippen LogP contribution in [0.2, 0.25) is 0 Å². The molecule has 1 aliphatic rings. The second-order valence-corrected chi connectivity index (χ2v) is 7.19. The molecule has 3 rings (SSSR count). The fourth-order valence-electron chi connectivity index (χ4n) is 3.49. The van der Waals surface area contributed by atoms with Crippen molar-refractivity contribution in [2.24, 2.45) is 0 Å². The zero-order valence-electron chi connectivity index (χ0n) is 15.7. The van der Waals surface area contributed by atoms with E-state index in [0.29, 0.717) is 17.6 Å². The van der Waals surface area contributed by atoms with Crippen LogP contribution in [0.15, 0.2) is 30.3 Å². The van der Waals surface area contributed by atoms with Gasteiger partial charge in [0, 0.05) is 28.7 Å². The summed E-state index contributed by atoms with van der Waals surface area (Å²) in [5, 5.41) is 6.40. The highest BCUT2D eigenvalue weighted by atomic mass is 16.1. The Labute approximate surface area is 155 Å². The molecule has 2 N–H and O–H groups in total. The third-order valence-corrected chi connectivity index (χ3v) is 4.83. The lowest BCUT2D eigenvalue weighted by atomic mass is 9.96. The van der Waals surface area contributed by atoms with E-state index in [9.17, 15) is 4.79 Å². The highest BCUT2D eigenvalue weighted by Gasteiger charge is 2.15. The number of anilines is 2. The number of aromatic nitrogens is 2. The maximum atomic E-state index is 12.5. The molecule has 1 aliphatic carbocycles. The number of hydrogen-bond acceptors (Lipinski definition) is 4. The van der Waals surface area contributed by atoms with Crippen LogP contribution in [0.25, 0.3) is 0 Å². The molecule has 0 spiro atoms.